The second kappa shape index (κ2) is 8.21. The van der Waals surface area contributed by atoms with E-state index in [4.69, 9.17) is 0 Å². The van der Waals surface area contributed by atoms with Crippen LogP contribution in [-0.4, -0.2) is 17.0 Å². The number of rotatable bonds is 5. The number of aliphatic carboxylic acids is 1. The van der Waals surface area contributed by atoms with Gasteiger partial charge in [0.1, 0.15) is 0 Å². The van der Waals surface area contributed by atoms with E-state index < -0.39 is 17.8 Å². The van der Waals surface area contributed by atoms with Gasteiger partial charge in [0.15, 0.2) is 0 Å². The van der Waals surface area contributed by atoms with E-state index in [1.165, 1.54) is 0 Å². The van der Waals surface area contributed by atoms with Crippen molar-refractivity contribution >= 4 is 29.3 Å². The zero-order valence-corrected chi connectivity index (χ0v) is 14.7. The Morgan fingerprint density at radius 3 is 2.28 bits per heavy atom. The Balaban J connectivity index is 1.76. The summed E-state index contributed by atoms with van der Waals surface area (Å²) >= 11 is 1.58. The lowest BCUT2D eigenvalue weighted by Crippen LogP contribution is -2.36. The number of nitrogens with one attached hydrogen (secondary N) is 1. The van der Waals surface area contributed by atoms with Crippen LogP contribution >= 0.6 is 11.8 Å². The number of para-hydroxylation sites is 1. The monoisotopic (exact) mass is 355 g/mol. The van der Waals surface area contributed by atoms with Gasteiger partial charge in [0.05, 0.1) is 17.5 Å². The fourth-order valence-corrected chi connectivity index (χ4v) is 4.16. The van der Waals surface area contributed by atoms with Crippen LogP contribution in [0.25, 0.3) is 0 Å². The summed E-state index contributed by atoms with van der Waals surface area (Å²) in [7, 11) is 0. The first-order valence-electron chi connectivity index (χ1n) is 8.51. The van der Waals surface area contributed by atoms with Gasteiger partial charge in [-0.15, -0.1) is 0 Å². The number of amides is 1. The summed E-state index contributed by atoms with van der Waals surface area (Å²) in [4.78, 5) is 26.2. The maximum absolute atomic E-state index is 12.7. The van der Waals surface area contributed by atoms with Gasteiger partial charge in [0.25, 0.3) is 0 Å². The lowest BCUT2D eigenvalue weighted by Gasteiger charge is -2.27. The van der Waals surface area contributed by atoms with Crippen LogP contribution in [-0.2, 0) is 9.59 Å². The molecule has 3 rings (SSSR count). The molecule has 0 bridgehead atoms. The van der Waals surface area contributed by atoms with Crippen molar-refractivity contribution in [1.29, 1.82) is 0 Å². The fraction of sp³-hybridized carbons (Fsp3) is 0.300. The SMILES string of the molecule is O=C(O)C1CCCCC1C(=O)Nc1ccccc1Sc1ccccc1. The quantitative estimate of drug-likeness (QED) is 0.818. The molecule has 2 aromatic carbocycles. The molecule has 2 aromatic rings. The maximum atomic E-state index is 12.7. The molecule has 1 saturated carbocycles. The van der Waals surface area contributed by atoms with Crippen LogP contribution in [0, 0.1) is 11.8 Å². The lowest BCUT2D eigenvalue weighted by atomic mass is 9.78. The summed E-state index contributed by atoms with van der Waals surface area (Å²) in [6, 6.07) is 17.6. The van der Waals surface area contributed by atoms with Crippen molar-refractivity contribution < 1.29 is 14.7 Å². The Morgan fingerprint density at radius 2 is 1.56 bits per heavy atom. The van der Waals surface area contributed by atoms with Crippen LogP contribution in [0.5, 0.6) is 0 Å². The van der Waals surface area contributed by atoms with E-state index in [2.05, 4.69) is 5.32 Å². The van der Waals surface area contributed by atoms with E-state index >= 15 is 0 Å². The molecule has 1 amide bonds. The number of carboxylic acids is 1. The minimum Gasteiger partial charge on any atom is -0.481 e. The zero-order valence-electron chi connectivity index (χ0n) is 13.9. The molecule has 0 aliphatic heterocycles. The van der Waals surface area contributed by atoms with E-state index in [1.807, 2.05) is 54.6 Å². The van der Waals surface area contributed by atoms with E-state index in [0.717, 1.165) is 28.3 Å². The van der Waals surface area contributed by atoms with Gasteiger partial charge in [-0.1, -0.05) is 54.9 Å². The first-order chi connectivity index (χ1) is 12.1. The molecule has 2 unspecified atom stereocenters. The molecule has 5 heteroatoms. The van der Waals surface area contributed by atoms with E-state index in [0.29, 0.717) is 12.8 Å². The third-order valence-corrected chi connectivity index (χ3v) is 5.62. The summed E-state index contributed by atoms with van der Waals surface area (Å²) in [6.45, 7) is 0. The highest BCUT2D eigenvalue weighted by Crippen LogP contribution is 2.35. The molecule has 1 fully saturated rings. The van der Waals surface area contributed by atoms with Crippen molar-refractivity contribution in [2.75, 3.05) is 5.32 Å². The highest BCUT2D eigenvalue weighted by molar-refractivity contribution is 7.99. The number of benzene rings is 2. The van der Waals surface area contributed by atoms with Crippen LogP contribution in [0.3, 0.4) is 0 Å². The molecule has 4 nitrogen and oxygen atoms in total. The third-order valence-electron chi connectivity index (χ3n) is 4.54. The third kappa shape index (κ3) is 4.42. The number of carbonyl (C=O) groups excluding carboxylic acids is 1. The topological polar surface area (TPSA) is 66.4 Å². The van der Waals surface area contributed by atoms with Crippen LogP contribution in [0.2, 0.25) is 0 Å². The molecule has 0 spiro atoms. The fourth-order valence-electron chi connectivity index (χ4n) is 3.24. The lowest BCUT2D eigenvalue weighted by molar-refractivity contribution is -0.147. The molecule has 1 aliphatic rings. The second-order valence-corrected chi connectivity index (χ2v) is 7.35. The number of hydrogen-bond donors (Lipinski definition) is 2. The number of carbonyl (C=O) groups is 2. The molecule has 0 saturated heterocycles. The van der Waals surface area contributed by atoms with Gasteiger partial charge >= 0.3 is 5.97 Å². The summed E-state index contributed by atoms with van der Waals surface area (Å²) in [5, 5.41) is 12.4. The van der Waals surface area contributed by atoms with Crippen LogP contribution in [0.15, 0.2) is 64.4 Å². The van der Waals surface area contributed by atoms with Gasteiger partial charge in [-0.25, -0.2) is 0 Å². The summed E-state index contributed by atoms with van der Waals surface area (Å²) in [5.74, 6) is -2.09. The Morgan fingerprint density at radius 1 is 0.920 bits per heavy atom. The van der Waals surface area contributed by atoms with Crippen molar-refractivity contribution in [3.8, 4) is 0 Å². The van der Waals surface area contributed by atoms with E-state index in [1.54, 1.807) is 11.8 Å². The van der Waals surface area contributed by atoms with Crippen LogP contribution < -0.4 is 5.32 Å². The molecule has 2 N–H and O–H groups in total. The minimum atomic E-state index is -0.869. The van der Waals surface area contributed by atoms with Gasteiger partial charge in [-0.2, -0.15) is 0 Å². The Bertz CT molecular complexity index is 748. The van der Waals surface area contributed by atoms with Crippen molar-refractivity contribution in [2.45, 2.75) is 35.5 Å². The van der Waals surface area contributed by atoms with E-state index in [9.17, 15) is 14.7 Å². The normalized spacial score (nSPS) is 20.0. The molecule has 0 radical (unpaired) electrons. The van der Waals surface area contributed by atoms with Gasteiger partial charge in [0, 0.05) is 9.79 Å². The summed E-state index contributed by atoms with van der Waals surface area (Å²) in [6.07, 6.45) is 2.99. The van der Waals surface area contributed by atoms with Crippen molar-refractivity contribution in [2.24, 2.45) is 11.8 Å². The predicted octanol–water partition coefficient (Wildman–Crippen LogP) is 4.67. The first-order valence-corrected chi connectivity index (χ1v) is 9.32. The molecule has 0 aromatic heterocycles. The Labute approximate surface area is 151 Å². The molecule has 0 heterocycles. The Kier molecular flexibility index (Phi) is 5.76. The van der Waals surface area contributed by atoms with Crippen LogP contribution in [0.4, 0.5) is 5.69 Å². The number of carboxylic acid groups (broad SMARTS) is 1. The van der Waals surface area contributed by atoms with Gasteiger partial charge in [-0.05, 0) is 37.1 Å². The highest BCUT2D eigenvalue weighted by atomic mass is 32.2. The zero-order chi connectivity index (χ0) is 17.6. The van der Waals surface area contributed by atoms with Crippen molar-refractivity contribution in [3.05, 3.63) is 54.6 Å². The summed E-state index contributed by atoms with van der Waals surface area (Å²) < 4.78 is 0. The number of anilines is 1. The first kappa shape index (κ1) is 17.5. The van der Waals surface area contributed by atoms with Crippen molar-refractivity contribution in [3.63, 3.8) is 0 Å². The van der Waals surface area contributed by atoms with Gasteiger partial charge < -0.3 is 10.4 Å². The largest absolute Gasteiger partial charge is 0.481 e. The van der Waals surface area contributed by atoms with Gasteiger partial charge in [0.2, 0.25) is 5.91 Å². The Hall–Kier alpha value is -2.27. The summed E-state index contributed by atoms with van der Waals surface area (Å²) in [5.41, 5.74) is 0.732. The predicted molar refractivity (Wildman–Crippen MR) is 98.7 cm³/mol. The molecule has 25 heavy (non-hydrogen) atoms. The standard InChI is InChI=1S/C20H21NO3S/c22-19(15-10-4-5-11-16(15)20(23)24)21-17-12-6-7-13-18(17)25-14-8-2-1-3-9-14/h1-3,6-9,12-13,15-16H,4-5,10-11H2,(H,21,22)(H,23,24). The van der Waals surface area contributed by atoms with Gasteiger partial charge in [-0.3, -0.25) is 9.59 Å². The highest BCUT2D eigenvalue weighted by Gasteiger charge is 2.35. The second-order valence-electron chi connectivity index (χ2n) is 6.24. The maximum Gasteiger partial charge on any atom is 0.307 e. The minimum absolute atomic E-state index is 0.187. The average molecular weight is 355 g/mol. The smallest absolute Gasteiger partial charge is 0.307 e. The average Bonchev–Trinajstić information content (AvgIpc) is 2.64. The molecule has 130 valence electrons. The van der Waals surface area contributed by atoms with E-state index in [-0.39, 0.29) is 5.91 Å². The van der Waals surface area contributed by atoms with Crippen molar-refractivity contribution in [1.82, 2.24) is 0 Å². The molecular formula is C20H21NO3S. The number of hydrogen-bond acceptors (Lipinski definition) is 3. The molecular weight excluding hydrogens is 334 g/mol. The molecule has 2 atom stereocenters. The molecule has 1 aliphatic carbocycles. The van der Waals surface area contributed by atoms with Crippen LogP contribution in [0.1, 0.15) is 25.7 Å².